The summed E-state index contributed by atoms with van der Waals surface area (Å²) in [5.74, 6) is -3.64. The zero-order valence-corrected chi connectivity index (χ0v) is 38.1. The van der Waals surface area contributed by atoms with Gasteiger partial charge in [-0.15, -0.1) is 0 Å². The first-order valence-corrected chi connectivity index (χ1v) is 22.2. The van der Waals surface area contributed by atoms with Crippen LogP contribution in [0.15, 0.2) is 18.2 Å². The number of aliphatic hydroxyl groups excluding tert-OH is 3. The van der Waals surface area contributed by atoms with Crippen molar-refractivity contribution < 1.29 is 101 Å². The van der Waals surface area contributed by atoms with E-state index < -0.39 is 48.6 Å². The number of esters is 1. The van der Waals surface area contributed by atoms with Gasteiger partial charge in [0, 0.05) is 38.3 Å². The molecule has 1 aromatic carbocycles. The largest absolute Gasteiger partial charge is 0.479 e. The second kappa shape index (κ2) is 33.1. The Balaban J connectivity index is 1.10. The Kier molecular flexibility index (Phi) is 28.1. The van der Waals surface area contributed by atoms with Crippen LogP contribution in [-0.2, 0) is 82.7 Å². The van der Waals surface area contributed by atoms with Crippen molar-refractivity contribution >= 4 is 41.3 Å². The number of benzene rings is 1. The quantitative estimate of drug-likeness (QED) is 0.0258. The van der Waals surface area contributed by atoms with Gasteiger partial charge < -0.3 is 83.2 Å². The number of likely N-dealkylation sites (tertiary alicyclic amines) is 1. The van der Waals surface area contributed by atoms with E-state index in [4.69, 9.17) is 52.1 Å². The van der Waals surface area contributed by atoms with Crippen LogP contribution in [0.5, 0.6) is 5.75 Å². The average Bonchev–Trinajstić information content (AvgIpc) is 3.55. The predicted octanol–water partition coefficient (Wildman–Crippen LogP) is -1.23. The molecule has 2 aliphatic heterocycles. The van der Waals surface area contributed by atoms with Crippen LogP contribution >= 0.6 is 0 Å². The zero-order valence-electron chi connectivity index (χ0n) is 38.1. The van der Waals surface area contributed by atoms with Gasteiger partial charge >= 0.3 is 11.9 Å². The number of nitrogens with zero attached hydrogens (tertiary/aromatic N) is 1. The number of aliphatic hydroxyl groups is 3. The number of hydrogen-bond donors (Lipinski definition) is 6. The van der Waals surface area contributed by atoms with Crippen LogP contribution < -0.4 is 15.4 Å². The molecule has 4 amide bonds. The molecule has 2 saturated heterocycles. The third-order valence-corrected chi connectivity index (χ3v) is 9.74. The first kappa shape index (κ1) is 56.9. The molecule has 24 heteroatoms. The minimum Gasteiger partial charge on any atom is -0.479 e. The number of nitrogens with one attached hydrogen (secondary N) is 2. The van der Waals surface area contributed by atoms with Crippen molar-refractivity contribution in [1.29, 1.82) is 0 Å². The summed E-state index contributed by atoms with van der Waals surface area (Å²) in [6.07, 6.45) is -8.93. The number of ether oxygens (including phenoxy) is 11. The van der Waals surface area contributed by atoms with E-state index in [1.165, 1.54) is 18.2 Å². The van der Waals surface area contributed by atoms with Crippen molar-refractivity contribution in [3.8, 4) is 5.75 Å². The highest BCUT2D eigenvalue weighted by molar-refractivity contribution is 6.03. The molecule has 0 radical (unpaired) electrons. The molecule has 1 aromatic rings. The monoisotopic (exact) mass is 961 g/mol. The number of anilines is 1. The highest BCUT2D eigenvalue weighted by Gasteiger charge is 2.48. The summed E-state index contributed by atoms with van der Waals surface area (Å²) in [5.41, 5.74) is 0.549. The van der Waals surface area contributed by atoms with E-state index in [1.807, 2.05) is 0 Å². The molecule has 2 aliphatic rings. The van der Waals surface area contributed by atoms with Crippen LogP contribution in [0.2, 0.25) is 0 Å². The fourth-order valence-electron chi connectivity index (χ4n) is 6.07. The number of carboxylic acid groups (broad SMARTS) is 1. The summed E-state index contributed by atoms with van der Waals surface area (Å²) in [6, 6.07) is 4.35. The minimum absolute atomic E-state index is 0.0386. The number of imide groups is 1. The van der Waals surface area contributed by atoms with Gasteiger partial charge in [-0.05, 0) is 17.7 Å². The molecule has 3 rings (SSSR count). The predicted molar refractivity (Wildman–Crippen MR) is 229 cm³/mol. The van der Waals surface area contributed by atoms with Gasteiger partial charge in [-0.1, -0.05) is 19.9 Å². The lowest BCUT2D eigenvalue weighted by molar-refractivity contribution is -0.271. The Labute approximate surface area is 388 Å². The topological polar surface area (TPSA) is 312 Å². The van der Waals surface area contributed by atoms with Crippen molar-refractivity contribution in [2.75, 3.05) is 124 Å². The van der Waals surface area contributed by atoms with Gasteiger partial charge in [0.1, 0.15) is 30.7 Å². The first-order valence-electron chi connectivity index (χ1n) is 22.2. The minimum atomic E-state index is -1.92. The van der Waals surface area contributed by atoms with E-state index in [1.54, 1.807) is 13.8 Å². The van der Waals surface area contributed by atoms with E-state index in [9.17, 15) is 49.2 Å². The normalized spacial score (nSPS) is 20.5. The van der Waals surface area contributed by atoms with Crippen molar-refractivity contribution in [3.05, 3.63) is 23.8 Å². The van der Waals surface area contributed by atoms with Crippen LogP contribution in [0.4, 0.5) is 5.69 Å². The molecule has 2 fully saturated rings. The number of rotatable bonds is 37. The molecule has 2 heterocycles. The van der Waals surface area contributed by atoms with E-state index >= 15 is 0 Å². The maximum absolute atomic E-state index is 12.8. The summed E-state index contributed by atoms with van der Waals surface area (Å²) in [6.45, 7) is 8.95. The third-order valence-electron chi connectivity index (χ3n) is 9.74. The molecule has 67 heavy (non-hydrogen) atoms. The molecule has 0 bridgehead atoms. The van der Waals surface area contributed by atoms with Gasteiger partial charge in [0.05, 0.1) is 118 Å². The summed E-state index contributed by atoms with van der Waals surface area (Å²) in [7, 11) is 0. The van der Waals surface area contributed by atoms with Crippen LogP contribution in [-0.4, -0.2) is 210 Å². The standard InChI is InChI=1S/C43H67N3O21/c1-3-36(50)65-28-30-4-5-32(66-43-39(53)37(51)38(52)40(67-43)42(55)56)31(27-30)45-34(48)7-10-57-12-14-59-16-18-61-20-22-63-24-25-64-23-21-62-19-17-60-15-13-58-11-8-44-33(47)6-9-46-35(49)26-29(2)41(46)54/h4-5,27,29,37-40,43,51-53H,3,6-26,28H2,1-2H3,(H,44,47)(H,45,48)(H,55,56)/t29?,37-,38-,39+,40-,43+/m0/s1. The highest BCUT2D eigenvalue weighted by atomic mass is 16.7. The van der Waals surface area contributed by atoms with Crippen molar-refractivity contribution in [3.63, 3.8) is 0 Å². The van der Waals surface area contributed by atoms with Crippen molar-refractivity contribution in [2.45, 2.75) is 76.8 Å². The number of amides is 4. The Hall–Kier alpha value is -4.44. The molecular formula is C43H67N3O21. The smallest absolute Gasteiger partial charge is 0.335 e. The van der Waals surface area contributed by atoms with Crippen LogP contribution in [0.1, 0.15) is 45.1 Å². The maximum Gasteiger partial charge on any atom is 0.335 e. The number of carboxylic acids is 1. The van der Waals surface area contributed by atoms with Gasteiger partial charge in [0.2, 0.25) is 29.9 Å². The molecule has 380 valence electrons. The molecule has 0 aliphatic carbocycles. The van der Waals surface area contributed by atoms with Crippen molar-refractivity contribution in [2.24, 2.45) is 5.92 Å². The number of carbonyl (C=O) groups is 6. The van der Waals surface area contributed by atoms with Gasteiger partial charge in [-0.2, -0.15) is 0 Å². The lowest BCUT2D eigenvalue weighted by Crippen LogP contribution is -2.61. The summed E-state index contributed by atoms with van der Waals surface area (Å²) < 4.78 is 59.7. The fraction of sp³-hybridized carbons (Fsp3) is 0.721. The lowest BCUT2D eigenvalue weighted by Gasteiger charge is -2.38. The fourth-order valence-corrected chi connectivity index (χ4v) is 6.07. The highest BCUT2D eigenvalue weighted by Crippen LogP contribution is 2.31. The second-order valence-corrected chi connectivity index (χ2v) is 15.0. The van der Waals surface area contributed by atoms with Crippen molar-refractivity contribution in [1.82, 2.24) is 10.2 Å². The number of carbonyl (C=O) groups excluding carboxylic acids is 5. The first-order chi connectivity index (χ1) is 32.3. The summed E-state index contributed by atoms with van der Waals surface area (Å²) in [4.78, 5) is 72.7. The Morgan fingerprint density at radius 1 is 0.701 bits per heavy atom. The van der Waals surface area contributed by atoms with Crippen LogP contribution in [0.3, 0.4) is 0 Å². The molecular weight excluding hydrogens is 894 g/mol. The lowest BCUT2D eigenvalue weighted by atomic mass is 9.99. The van der Waals surface area contributed by atoms with Gasteiger partial charge in [0.15, 0.2) is 6.10 Å². The Bertz CT molecular complexity index is 1650. The molecule has 0 saturated carbocycles. The van der Waals surface area contributed by atoms with Crippen LogP contribution in [0.25, 0.3) is 0 Å². The van der Waals surface area contributed by atoms with Gasteiger partial charge in [0.25, 0.3) is 0 Å². The Morgan fingerprint density at radius 3 is 1.72 bits per heavy atom. The van der Waals surface area contributed by atoms with E-state index in [2.05, 4.69) is 10.6 Å². The molecule has 6 atom stereocenters. The maximum atomic E-state index is 12.8. The number of aliphatic carboxylic acids is 1. The summed E-state index contributed by atoms with van der Waals surface area (Å²) >= 11 is 0. The molecule has 24 nitrogen and oxygen atoms in total. The zero-order chi connectivity index (χ0) is 48.8. The average molecular weight is 962 g/mol. The van der Waals surface area contributed by atoms with E-state index in [-0.39, 0.29) is 93.7 Å². The molecule has 1 unspecified atom stereocenters. The van der Waals surface area contributed by atoms with Gasteiger partial charge in [-0.25, -0.2) is 4.79 Å². The molecule has 0 aromatic heterocycles. The third kappa shape index (κ3) is 22.5. The number of hydrogen-bond acceptors (Lipinski definition) is 20. The van der Waals surface area contributed by atoms with Gasteiger partial charge in [-0.3, -0.25) is 28.9 Å². The SMILES string of the molecule is CCC(=O)OCc1ccc(O[C@@H]2O[C@H](C(=O)O)[C@@H](O)[C@H](O)[C@H]2O)c(NC(=O)CCOCCOCCOCCOCCOCCOCCOCCOCCNC(=O)CCN2C(=O)CC(C)C2=O)c1. The molecule has 0 spiro atoms. The summed E-state index contributed by atoms with van der Waals surface area (Å²) in [5, 5.41) is 45.2. The van der Waals surface area contributed by atoms with E-state index in [0.29, 0.717) is 98.0 Å². The molecule has 6 N–H and O–H groups in total. The Morgan fingerprint density at radius 2 is 1.22 bits per heavy atom. The van der Waals surface area contributed by atoms with Crippen LogP contribution in [0, 0.1) is 5.92 Å². The van der Waals surface area contributed by atoms with E-state index in [0.717, 1.165) is 4.90 Å². The second-order valence-electron chi connectivity index (χ2n) is 15.0.